The van der Waals surface area contributed by atoms with Crippen molar-refractivity contribution in [1.82, 2.24) is 14.9 Å². The number of alkyl halides is 4. The molecule has 0 amide bonds. The Bertz CT molecular complexity index is 287. The Morgan fingerprint density at radius 3 is 2.69 bits per heavy atom. The van der Waals surface area contributed by atoms with E-state index < -0.39 is 18.9 Å². The van der Waals surface area contributed by atoms with E-state index in [1.165, 1.54) is 0 Å². The smallest absolute Gasteiger partial charge is 0.319 e. The predicted octanol–water partition coefficient (Wildman–Crippen LogP) is 1.76. The first-order valence-electron chi connectivity index (χ1n) is 4.85. The third-order valence-corrected chi connectivity index (χ3v) is 2.01. The highest BCUT2D eigenvalue weighted by atomic mass is 19.3. The van der Waals surface area contributed by atoms with Gasteiger partial charge in [0.25, 0.3) is 0 Å². The third kappa shape index (κ3) is 4.18. The normalized spacial score (nSPS) is 12.3. The van der Waals surface area contributed by atoms with Gasteiger partial charge in [-0.3, -0.25) is 0 Å². The van der Waals surface area contributed by atoms with Crippen LogP contribution in [0, 0.1) is 0 Å². The fourth-order valence-corrected chi connectivity index (χ4v) is 1.14. The molecule has 16 heavy (non-hydrogen) atoms. The summed E-state index contributed by atoms with van der Waals surface area (Å²) in [5.74, 6) is -3.95. The second-order valence-electron chi connectivity index (χ2n) is 3.39. The van der Waals surface area contributed by atoms with E-state index >= 15 is 0 Å². The quantitative estimate of drug-likeness (QED) is 0.580. The zero-order valence-electron chi connectivity index (χ0n) is 8.54. The monoisotopic (exact) mass is 239 g/mol. The lowest BCUT2D eigenvalue weighted by Crippen LogP contribution is -2.39. The van der Waals surface area contributed by atoms with Gasteiger partial charge in [-0.2, -0.15) is 8.78 Å². The first kappa shape index (κ1) is 13.0. The first-order valence-corrected chi connectivity index (χ1v) is 4.85. The Balaban J connectivity index is 2.08. The summed E-state index contributed by atoms with van der Waals surface area (Å²) in [6, 6.07) is 0. The van der Waals surface area contributed by atoms with Gasteiger partial charge in [-0.05, 0) is 13.0 Å². The summed E-state index contributed by atoms with van der Waals surface area (Å²) in [6.45, 7) is -0.109. The number of nitrogens with one attached hydrogen (secondary N) is 1. The van der Waals surface area contributed by atoms with Gasteiger partial charge in [0.1, 0.15) is 0 Å². The fourth-order valence-electron chi connectivity index (χ4n) is 1.14. The molecular weight excluding hydrogens is 226 g/mol. The van der Waals surface area contributed by atoms with Crippen molar-refractivity contribution in [3.63, 3.8) is 0 Å². The molecule has 0 atom stereocenters. The molecule has 7 heteroatoms. The highest BCUT2D eigenvalue weighted by molar-refractivity contribution is 4.75. The van der Waals surface area contributed by atoms with Gasteiger partial charge >= 0.3 is 12.3 Å². The number of hydrogen-bond donors (Lipinski definition) is 1. The Morgan fingerprint density at radius 2 is 2.12 bits per heavy atom. The van der Waals surface area contributed by atoms with Gasteiger partial charge in [-0.1, -0.05) is 0 Å². The maximum Gasteiger partial charge on any atom is 0.319 e. The summed E-state index contributed by atoms with van der Waals surface area (Å²) in [5, 5.41) is 2.31. The molecule has 3 nitrogen and oxygen atoms in total. The second-order valence-corrected chi connectivity index (χ2v) is 3.39. The largest absolute Gasteiger partial charge is 0.337 e. The molecular formula is C9H13F4N3. The zero-order valence-corrected chi connectivity index (χ0v) is 8.54. The Morgan fingerprint density at radius 1 is 1.38 bits per heavy atom. The van der Waals surface area contributed by atoms with E-state index in [9.17, 15) is 17.6 Å². The van der Waals surface area contributed by atoms with Crippen molar-refractivity contribution in [3.05, 3.63) is 18.7 Å². The zero-order chi connectivity index (χ0) is 12.0. The van der Waals surface area contributed by atoms with Crippen LogP contribution in [0.3, 0.4) is 0 Å². The minimum Gasteiger partial charge on any atom is -0.337 e. The molecule has 1 aromatic heterocycles. The van der Waals surface area contributed by atoms with Crippen LogP contribution in [0.4, 0.5) is 17.6 Å². The molecule has 0 radical (unpaired) electrons. The molecule has 0 saturated heterocycles. The fraction of sp³-hybridized carbons (Fsp3) is 0.667. The number of aromatic nitrogens is 2. The maximum atomic E-state index is 12.4. The van der Waals surface area contributed by atoms with E-state index in [4.69, 9.17) is 0 Å². The van der Waals surface area contributed by atoms with E-state index in [-0.39, 0.29) is 6.54 Å². The van der Waals surface area contributed by atoms with Crippen molar-refractivity contribution in [2.45, 2.75) is 25.3 Å². The highest BCUT2D eigenvalue weighted by Crippen LogP contribution is 2.21. The van der Waals surface area contributed by atoms with Gasteiger partial charge in [0.2, 0.25) is 0 Å². The van der Waals surface area contributed by atoms with E-state index in [2.05, 4.69) is 10.3 Å². The summed E-state index contributed by atoms with van der Waals surface area (Å²) in [7, 11) is 0. The molecule has 0 spiro atoms. The Labute approximate surface area is 90.5 Å². The Hall–Kier alpha value is -1.11. The minimum atomic E-state index is -3.95. The number of rotatable bonds is 7. The van der Waals surface area contributed by atoms with Gasteiger partial charge < -0.3 is 9.88 Å². The van der Waals surface area contributed by atoms with Crippen LogP contribution in [0.2, 0.25) is 0 Å². The molecule has 0 bridgehead atoms. The minimum absolute atomic E-state index is 0.264. The average Bonchev–Trinajstić information content (AvgIpc) is 2.69. The first-order chi connectivity index (χ1) is 7.52. The van der Waals surface area contributed by atoms with Crippen molar-refractivity contribution in [2.75, 3.05) is 13.1 Å². The van der Waals surface area contributed by atoms with Crippen LogP contribution in [0.15, 0.2) is 18.7 Å². The number of imidazole rings is 1. The van der Waals surface area contributed by atoms with Crippen LogP contribution in [0.25, 0.3) is 0 Å². The van der Waals surface area contributed by atoms with Crippen LogP contribution < -0.4 is 5.32 Å². The lowest BCUT2D eigenvalue weighted by molar-refractivity contribution is -0.125. The molecule has 0 aliphatic carbocycles. The van der Waals surface area contributed by atoms with Crippen molar-refractivity contribution in [1.29, 1.82) is 0 Å². The number of aryl methyl sites for hydroxylation is 1. The van der Waals surface area contributed by atoms with E-state index in [1.807, 2.05) is 0 Å². The lowest BCUT2D eigenvalue weighted by atomic mass is 10.3. The summed E-state index contributed by atoms with van der Waals surface area (Å²) < 4.78 is 50.1. The summed E-state index contributed by atoms with van der Waals surface area (Å²) in [6.07, 6.45) is 1.92. The molecule has 0 aromatic carbocycles. The van der Waals surface area contributed by atoms with Crippen LogP contribution in [-0.4, -0.2) is 35.0 Å². The molecule has 1 heterocycles. The number of nitrogens with zero attached hydrogens (tertiary/aromatic N) is 2. The molecule has 0 saturated carbocycles. The standard InChI is InChI=1S/C9H13F4N3/c10-8(11)9(12,13)6-14-2-1-4-16-5-3-15-7-16/h3,5,7-8,14H,1-2,4,6H2. The van der Waals surface area contributed by atoms with E-state index in [0.29, 0.717) is 13.0 Å². The van der Waals surface area contributed by atoms with Gasteiger partial charge in [0.15, 0.2) is 0 Å². The average molecular weight is 239 g/mol. The topological polar surface area (TPSA) is 29.9 Å². The summed E-state index contributed by atoms with van der Waals surface area (Å²) >= 11 is 0. The molecule has 0 unspecified atom stereocenters. The predicted molar refractivity (Wildman–Crippen MR) is 50.7 cm³/mol. The highest BCUT2D eigenvalue weighted by Gasteiger charge is 2.39. The molecule has 92 valence electrons. The summed E-state index contributed by atoms with van der Waals surface area (Å²) in [5.41, 5.74) is 0. The molecule has 0 fully saturated rings. The van der Waals surface area contributed by atoms with E-state index in [1.54, 1.807) is 23.3 Å². The molecule has 0 aliphatic rings. The molecule has 0 aliphatic heterocycles. The maximum absolute atomic E-state index is 12.4. The molecule has 1 rings (SSSR count). The van der Waals surface area contributed by atoms with Gasteiger partial charge in [0, 0.05) is 18.9 Å². The van der Waals surface area contributed by atoms with Gasteiger partial charge in [-0.25, -0.2) is 13.8 Å². The van der Waals surface area contributed by atoms with Crippen LogP contribution in [0.5, 0.6) is 0 Å². The molecule has 1 N–H and O–H groups in total. The number of hydrogen-bond acceptors (Lipinski definition) is 2. The SMILES string of the molecule is FC(F)C(F)(F)CNCCCn1ccnc1. The van der Waals surface area contributed by atoms with Crippen LogP contribution >= 0.6 is 0 Å². The Kier molecular flexibility index (Phi) is 4.72. The van der Waals surface area contributed by atoms with Gasteiger partial charge in [-0.15, -0.1) is 0 Å². The number of halogens is 4. The van der Waals surface area contributed by atoms with Crippen LogP contribution in [-0.2, 0) is 6.54 Å². The summed E-state index contributed by atoms with van der Waals surface area (Å²) in [4.78, 5) is 3.81. The van der Waals surface area contributed by atoms with Crippen molar-refractivity contribution >= 4 is 0 Å². The second kappa shape index (κ2) is 5.83. The van der Waals surface area contributed by atoms with E-state index in [0.717, 1.165) is 0 Å². The van der Waals surface area contributed by atoms with Crippen molar-refractivity contribution in [3.8, 4) is 0 Å². The van der Waals surface area contributed by atoms with Crippen molar-refractivity contribution < 1.29 is 17.6 Å². The molecule has 1 aromatic rings. The van der Waals surface area contributed by atoms with Crippen LogP contribution in [0.1, 0.15) is 6.42 Å². The van der Waals surface area contributed by atoms with Gasteiger partial charge in [0.05, 0.1) is 12.9 Å². The lowest BCUT2D eigenvalue weighted by Gasteiger charge is -2.15. The third-order valence-electron chi connectivity index (χ3n) is 2.01. The van der Waals surface area contributed by atoms with Crippen molar-refractivity contribution in [2.24, 2.45) is 0 Å².